The Morgan fingerprint density at radius 2 is 2.42 bits per heavy atom. The molecular formula is C15H22N2O2. The van der Waals surface area contributed by atoms with Gasteiger partial charge >= 0.3 is 0 Å². The second-order valence-corrected chi connectivity index (χ2v) is 5.14. The molecular weight excluding hydrogens is 240 g/mol. The average molecular weight is 262 g/mol. The van der Waals surface area contributed by atoms with Crippen molar-refractivity contribution in [3.05, 3.63) is 29.8 Å². The summed E-state index contributed by atoms with van der Waals surface area (Å²) in [6.45, 7) is 2.76. The zero-order valence-corrected chi connectivity index (χ0v) is 11.4. The first-order chi connectivity index (χ1) is 9.15. The third-order valence-electron chi connectivity index (χ3n) is 3.41. The van der Waals surface area contributed by atoms with E-state index in [1.807, 2.05) is 31.2 Å². The summed E-state index contributed by atoms with van der Waals surface area (Å²) in [5, 5.41) is 2.91. The van der Waals surface area contributed by atoms with Gasteiger partial charge in [0, 0.05) is 24.8 Å². The number of rotatable bonds is 5. The molecule has 4 heteroatoms. The molecule has 0 aliphatic carbocycles. The molecule has 1 amide bonds. The molecule has 2 rings (SSSR count). The number of carbonyl (C=O) groups is 1. The Labute approximate surface area is 114 Å². The molecule has 0 aromatic heterocycles. The monoisotopic (exact) mass is 262 g/mol. The van der Waals surface area contributed by atoms with Crippen LogP contribution in [0.1, 0.15) is 44.2 Å². The fraction of sp³-hybridized carbons (Fsp3) is 0.533. The lowest BCUT2D eigenvalue weighted by Crippen LogP contribution is -2.15. The van der Waals surface area contributed by atoms with Gasteiger partial charge in [-0.1, -0.05) is 12.1 Å². The van der Waals surface area contributed by atoms with E-state index in [4.69, 9.17) is 10.5 Å². The molecule has 0 radical (unpaired) electrons. The van der Waals surface area contributed by atoms with E-state index in [9.17, 15) is 4.79 Å². The van der Waals surface area contributed by atoms with E-state index >= 15 is 0 Å². The van der Waals surface area contributed by atoms with Crippen molar-refractivity contribution in [1.82, 2.24) is 0 Å². The summed E-state index contributed by atoms with van der Waals surface area (Å²) in [6.07, 6.45) is 3.77. The van der Waals surface area contributed by atoms with E-state index < -0.39 is 0 Å². The molecule has 1 saturated heterocycles. The lowest BCUT2D eigenvalue weighted by Gasteiger charge is -2.11. The number of carbonyl (C=O) groups excluding carboxylic acids is 1. The lowest BCUT2D eigenvalue weighted by atomic mass is 10.1. The number of amides is 1. The van der Waals surface area contributed by atoms with E-state index in [0.29, 0.717) is 6.42 Å². The molecule has 0 saturated carbocycles. The van der Waals surface area contributed by atoms with Crippen LogP contribution in [0.2, 0.25) is 0 Å². The number of benzene rings is 1. The van der Waals surface area contributed by atoms with Crippen LogP contribution in [0.25, 0.3) is 0 Å². The summed E-state index contributed by atoms with van der Waals surface area (Å²) in [5.41, 5.74) is 7.66. The van der Waals surface area contributed by atoms with E-state index in [0.717, 1.165) is 37.1 Å². The van der Waals surface area contributed by atoms with Crippen LogP contribution in [-0.2, 0) is 9.53 Å². The fourth-order valence-electron chi connectivity index (χ4n) is 2.29. The number of hydrogen-bond acceptors (Lipinski definition) is 3. The standard InChI is InChI=1S/C15H22N2O2/c1-11(16)12-4-2-5-13(10-12)17-15(18)8-7-14-6-3-9-19-14/h2,4-5,10-11,14H,3,6-9,16H2,1H3,(H,17,18). The van der Waals surface area contributed by atoms with E-state index in [1.54, 1.807) is 0 Å². The first-order valence-corrected chi connectivity index (χ1v) is 6.92. The molecule has 19 heavy (non-hydrogen) atoms. The van der Waals surface area contributed by atoms with Gasteiger partial charge in [0.15, 0.2) is 0 Å². The molecule has 1 fully saturated rings. The third kappa shape index (κ3) is 4.33. The van der Waals surface area contributed by atoms with Crippen LogP contribution >= 0.6 is 0 Å². The molecule has 1 aliphatic rings. The summed E-state index contributed by atoms with van der Waals surface area (Å²) >= 11 is 0. The smallest absolute Gasteiger partial charge is 0.224 e. The van der Waals surface area contributed by atoms with E-state index in [-0.39, 0.29) is 18.1 Å². The van der Waals surface area contributed by atoms with Crippen molar-refractivity contribution in [3.8, 4) is 0 Å². The Balaban J connectivity index is 1.82. The van der Waals surface area contributed by atoms with Gasteiger partial charge in [0.2, 0.25) is 5.91 Å². The maximum absolute atomic E-state index is 11.9. The van der Waals surface area contributed by atoms with Crippen LogP contribution in [-0.4, -0.2) is 18.6 Å². The highest BCUT2D eigenvalue weighted by Gasteiger charge is 2.16. The largest absolute Gasteiger partial charge is 0.378 e. The van der Waals surface area contributed by atoms with Gasteiger partial charge in [-0.2, -0.15) is 0 Å². The molecule has 104 valence electrons. The predicted molar refractivity (Wildman–Crippen MR) is 75.9 cm³/mol. The molecule has 0 bridgehead atoms. The van der Waals surface area contributed by atoms with Gasteiger partial charge in [-0.15, -0.1) is 0 Å². The van der Waals surface area contributed by atoms with Gasteiger partial charge in [-0.05, 0) is 43.9 Å². The second kappa shape index (κ2) is 6.68. The van der Waals surface area contributed by atoms with Crippen LogP contribution in [0.3, 0.4) is 0 Å². The van der Waals surface area contributed by atoms with Gasteiger partial charge in [0.1, 0.15) is 0 Å². The first-order valence-electron chi connectivity index (χ1n) is 6.92. The van der Waals surface area contributed by atoms with Crippen LogP contribution in [0.15, 0.2) is 24.3 Å². The van der Waals surface area contributed by atoms with Gasteiger partial charge in [0.05, 0.1) is 6.10 Å². The maximum Gasteiger partial charge on any atom is 0.224 e. The Morgan fingerprint density at radius 1 is 1.58 bits per heavy atom. The topological polar surface area (TPSA) is 64.3 Å². The lowest BCUT2D eigenvalue weighted by molar-refractivity contribution is -0.116. The summed E-state index contributed by atoms with van der Waals surface area (Å²) in [4.78, 5) is 11.9. The minimum Gasteiger partial charge on any atom is -0.378 e. The number of ether oxygens (including phenoxy) is 1. The highest BCUT2D eigenvalue weighted by Crippen LogP contribution is 2.18. The number of hydrogen-bond donors (Lipinski definition) is 2. The Kier molecular flexibility index (Phi) is 4.93. The normalized spacial score (nSPS) is 20.2. The number of nitrogens with one attached hydrogen (secondary N) is 1. The second-order valence-electron chi connectivity index (χ2n) is 5.14. The number of nitrogens with two attached hydrogens (primary N) is 1. The average Bonchev–Trinajstić information content (AvgIpc) is 2.90. The Hall–Kier alpha value is -1.39. The van der Waals surface area contributed by atoms with Gasteiger partial charge in [-0.3, -0.25) is 4.79 Å². The molecule has 2 atom stereocenters. The quantitative estimate of drug-likeness (QED) is 0.857. The molecule has 0 spiro atoms. The minimum absolute atomic E-state index is 0.0243. The van der Waals surface area contributed by atoms with Crippen molar-refractivity contribution < 1.29 is 9.53 Å². The highest BCUT2D eigenvalue weighted by atomic mass is 16.5. The van der Waals surface area contributed by atoms with Crippen molar-refractivity contribution >= 4 is 11.6 Å². The molecule has 1 aromatic carbocycles. The summed E-state index contributed by atoms with van der Waals surface area (Å²) in [6, 6.07) is 7.66. The summed E-state index contributed by atoms with van der Waals surface area (Å²) in [7, 11) is 0. The maximum atomic E-state index is 11.9. The number of anilines is 1. The molecule has 1 aromatic rings. The fourth-order valence-corrected chi connectivity index (χ4v) is 2.29. The predicted octanol–water partition coefficient (Wildman–Crippen LogP) is 2.60. The van der Waals surface area contributed by atoms with Crippen molar-refractivity contribution in [1.29, 1.82) is 0 Å². The van der Waals surface area contributed by atoms with E-state index in [1.165, 1.54) is 0 Å². The SMILES string of the molecule is CC(N)c1cccc(NC(=O)CCC2CCCO2)c1. The van der Waals surface area contributed by atoms with E-state index in [2.05, 4.69) is 5.32 Å². The van der Waals surface area contributed by atoms with Crippen LogP contribution in [0, 0.1) is 0 Å². The zero-order valence-electron chi connectivity index (χ0n) is 11.4. The highest BCUT2D eigenvalue weighted by molar-refractivity contribution is 5.90. The third-order valence-corrected chi connectivity index (χ3v) is 3.41. The van der Waals surface area contributed by atoms with Crippen LogP contribution in [0.5, 0.6) is 0 Å². The summed E-state index contributed by atoms with van der Waals surface area (Å²) < 4.78 is 5.51. The zero-order chi connectivity index (χ0) is 13.7. The van der Waals surface area contributed by atoms with Gasteiger partial charge in [0.25, 0.3) is 0 Å². The molecule has 1 aliphatic heterocycles. The summed E-state index contributed by atoms with van der Waals surface area (Å²) in [5.74, 6) is 0.0392. The van der Waals surface area contributed by atoms with Crippen LogP contribution < -0.4 is 11.1 Å². The molecule has 1 heterocycles. The van der Waals surface area contributed by atoms with Crippen molar-refractivity contribution in [2.75, 3.05) is 11.9 Å². The van der Waals surface area contributed by atoms with Gasteiger partial charge < -0.3 is 15.8 Å². The van der Waals surface area contributed by atoms with Crippen molar-refractivity contribution in [2.45, 2.75) is 44.8 Å². The van der Waals surface area contributed by atoms with Gasteiger partial charge in [-0.25, -0.2) is 0 Å². The molecule has 3 N–H and O–H groups in total. The Bertz CT molecular complexity index is 426. The molecule has 2 unspecified atom stereocenters. The van der Waals surface area contributed by atoms with Crippen molar-refractivity contribution in [3.63, 3.8) is 0 Å². The van der Waals surface area contributed by atoms with Crippen LogP contribution in [0.4, 0.5) is 5.69 Å². The Morgan fingerprint density at radius 3 is 3.11 bits per heavy atom. The minimum atomic E-state index is -0.0243. The van der Waals surface area contributed by atoms with Crippen molar-refractivity contribution in [2.24, 2.45) is 5.73 Å². The molecule has 4 nitrogen and oxygen atoms in total. The first kappa shape index (κ1) is 14.0.